The van der Waals surface area contributed by atoms with Crippen LogP contribution in [0.25, 0.3) is 11.5 Å². The Kier molecular flexibility index (Phi) is 3.49. The van der Waals surface area contributed by atoms with E-state index in [0.29, 0.717) is 23.8 Å². The molecule has 0 amide bonds. The molecule has 0 aliphatic carbocycles. The predicted octanol–water partition coefficient (Wildman–Crippen LogP) is 2.01. The number of rotatable bonds is 4. The van der Waals surface area contributed by atoms with E-state index < -0.39 is 6.10 Å². The zero-order chi connectivity index (χ0) is 12.3. The van der Waals surface area contributed by atoms with Crippen molar-refractivity contribution in [3.63, 3.8) is 0 Å². The Morgan fingerprint density at radius 3 is 2.88 bits per heavy atom. The third kappa shape index (κ3) is 2.50. The van der Waals surface area contributed by atoms with Gasteiger partial charge in [0.25, 0.3) is 0 Å². The van der Waals surface area contributed by atoms with Crippen molar-refractivity contribution < 1.29 is 9.63 Å². The highest BCUT2D eigenvalue weighted by atomic mass is 16.5. The summed E-state index contributed by atoms with van der Waals surface area (Å²) in [4.78, 5) is 8.39. The van der Waals surface area contributed by atoms with E-state index >= 15 is 0 Å². The molecule has 2 aromatic heterocycles. The zero-order valence-corrected chi connectivity index (χ0v) is 9.87. The van der Waals surface area contributed by atoms with Gasteiger partial charge < -0.3 is 9.63 Å². The number of aliphatic hydroxyl groups excluding tert-OH is 1. The first-order chi connectivity index (χ1) is 8.22. The molecule has 5 heteroatoms. The molecule has 0 spiro atoms. The highest BCUT2D eigenvalue weighted by Crippen LogP contribution is 2.21. The van der Waals surface area contributed by atoms with Gasteiger partial charge >= 0.3 is 0 Å². The zero-order valence-electron chi connectivity index (χ0n) is 9.87. The summed E-state index contributed by atoms with van der Waals surface area (Å²) in [5, 5.41) is 13.6. The minimum absolute atomic E-state index is 0.162. The van der Waals surface area contributed by atoms with E-state index in [4.69, 9.17) is 4.52 Å². The lowest BCUT2D eigenvalue weighted by Gasteiger charge is -2.11. The normalized spacial score (nSPS) is 14.5. The molecule has 2 heterocycles. The highest BCUT2D eigenvalue weighted by Gasteiger charge is 2.21. The van der Waals surface area contributed by atoms with E-state index in [2.05, 4.69) is 15.1 Å². The number of hydrogen-bond donors (Lipinski definition) is 1. The highest BCUT2D eigenvalue weighted by molar-refractivity contribution is 5.47. The Morgan fingerprint density at radius 2 is 2.24 bits per heavy atom. The first kappa shape index (κ1) is 11.7. The summed E-state index contributed by atoms with van der Waals surface area (Å²) in [6.45, 7) is 3.78. The second kappa shape index (κ2) is 5.05. The summed E-state index contributed by atoms with van der Waals surface area (Å²) in [6, 6.07) is 5.51. The van der Waals surface area contributed by atoms with Crippen LogP contribution in [0.4, 0.5) is 0 Å². The van der Waals surface area contributed by atoms with E-state index in [-0.39, 0.29) is 5.92 Å². The van der Waals surface area contributed by atoms with Crippen LogP contribution in [-0.2, 0) is 0 Å². The second-order valence-corrected chi connectivity index (χ2v) is 3.94. The van der Waals surface area contributed by atoms with Gasteiger partial charge in [0.1, 0.15) is 5.69 Å². The quantitative estimate of drug-likeness (QED) is 0.874. The first-order valence-corrected chi connectivity index (χ1v) is 5.65. The summed E-state index contributed by atoms with van der Waals surface area (Å²) in [6.07, 6.45) is 1.87. The third-order valence-corrected chi connectivity index (χ3v) is 2.72. The molecule has 5 nitrogen and oxygen atoms in total. The number of hydrogen-bond acceptors (Lipinski definition) is 5. The second-order valence-electron chi connectivity index (χ2n) is 3.94. The van der Waals surface area contributed by atoms with Gasteiger partial charge in [-0.3, -0.25) is 4.98 Å². The van der Waals surface area contributed by atoms with Crippen LogP contribution in [0.5, 0.6) is 0 Å². The molecule has 2 aromatic rings. The fourth-order valence-electron chi connectivity index (χ4n) is 1.54. The van der Waals surface area contributed by atoms with Crippen LogP contribution in [0.2, 0.25) is 0 Å². The van der Waals surface area contributed by atoms with E-state index in [0.717, 1.165) is 0 Å². The van der Waals surface area contributed by atoms with Gasteiger partial charge in [-0.05, 0) is 18.6 Å². The van der Waals surface area contributed by atoms with Crippen LogP contribution in [0.15, 0.2) is 28.9 Å². The standard InChI is InChI=1S/C12H15N3O2/c1-3-10(16)8(2)12-14-11(15-17-12)9-6-4-5-7-13-9/h4-8,10,16H,3H2,1-2H3. The van der Waals surface area contributed by atoms with E-state index in [1.165, 1.54) is 0 Å². The molecule has 0 aliphatic heterocycles. The van der Waals surface area contributed by atoms with Gasteiger partial charge in [-0.2, -0.15) is 4.98 Å². The van der Waals surface area contributed by atoms with Crippen molar-refractivity contribution in [3.8, 4) is 11.5 Å². The van der Waals surface area contributed by atoms with E-state index in [1.807, 2.05) is 32.0 Å². The maximum atomic E-state index is 9.72. The lowest BCUT2D eigenvalue weighted by molar-refractivity contribution is 0.129. The molecule has 17 heavy (non-hydrogen) atoms. The fourth-order valence-corrected chi connectivity index (χ4v) is 1.54. The van der Waals surface area contributed by atoms with E-state index in [1.54, 1.807) is 6.20 Å². The average Bonchev–Trinajstić information content (AvgIpc) is 2.87. The predicted molar refractivity (Wildman–Crippen MR) is 62.2 cm³/mol. The average molecular weight is 233 g/mol. The molecule has 1 N–H and O–H groups in total. The molecule has 0 aliphatic rings. The number of aliphatic hydroxyl groups is 1. The van der Waals surface area contributed by atoms with Gasteiger partial charge in [0, 0.05) is 6.20 Å². The Labute approximate surface area is 99.5 Å². The van der Waals surface area contributed by atoms with Crippen molar-refractivity contribution in [1.29, 1.82) is 0 Å². The van der Waals surface area contributed by atoms with E-state index in [9.17, 15) is 5.11 Å². The van der Waals surface area contributed by atoms with Crippen LogP contribution in [-0.4, -0.2) is 26.3 Å². The minimum atomic E-state index is -0.466. The van der Waals surface area contributed by atoms with Gasteiger partial charge in [-0.15, -0.1) is 0 Å². The monoisotopic (exact) mass is 233 g/mol. The van der Waals surface area contributed by atoms with Gasteiger partial charge in [-0.1, -0.05) is 25.1 Å². The van der Waals surface area contributed by atoms with Crippen LogP contribution >= 0.6 is 0 Å². The SMILES string of the molecule is CCC(O)C(C)c1nc(-c2ccccn2)no1. The Morgan fingerprint density at radius 1 is 1.41 bits per heavy atom. The largest absolute Gasteiger partial charge is 0.392 e. The lowest BCUT2D eigenvalue weighted by Crippen LogP contribution is -2.14. The van der Waals surface area contributed by atoms with Gasteiger partial charge in [0.15, 0.2) is 0 Å². The summed E-state index contributed by atoms with van der Waals surface area (Å²) in [5.41, 5.74) is 0.667. The molecule has 2 unspecified atom stereocenters. The number of pyridine rings is 1. The molecule has 0 fully saturated rings. The smallest absolute Gasteiger partial charge is 0.232 e. The Hall–Kier alpha value is -1.75. The summed E-state index contributed by atoms with van der Waals surface area (Å²) in [7, 11) is 0. The molecule has 0 saturated carbocycles. The van der Waals surface area contributed by atoms with Crippen molar-refractivity contribution in [2.45, 2.75) is 32.3 Å². The minimum Gasteiger partial charge on any atom is -0.392 e. The molecule has 0 aromatic carbocycles. The molecule has 0 saturated heterocycles. The fraction of sp³-hybridized carbons (Fsp3) is 0.417. The summed E-state index contributed by atoms with van der Waals surface area (Å²) < 4.78 is 5.14. The Balaban J connectivity index is 2.22. The van der Waals surface area contributed by atoms with Gasteiger partial charge in [-0.25, -0.2) is 0 Å². The molecule has 0 bridgehead atoms. The van der Waals surface area contributed by atoms with Crippen LogP contribution in [0.3, 0.4) is 0 Å². The van der Waals surface area contributed by atoms with Crippen LogP contribution < -0.4 is 0 Å². The first-order valence-electron chi connectivity index (χ1n) is 5.65. The topological polar surface area (TPSA) is 72.0 Å². The van der Waals surface area contributed by atoms with Crippen LogP contribution in [0, 0.1) is 0 Å². The van der Waals surface area contributed by atoms with Crippen LogP contribution in [0.1, 0.15) is 32.1 Å². The molecular formula is C12H15N3O2. The van der Waals surface area contributed by atoms with Crippen molar-refractivity contribution >= 4 is 0 Å². The summed E-state index contributed by atoms with van der Waals surface area (Å²) >= 11 is 0. The van der Waals surface area contributed by atoms with Crippen molar-refractivity contribution in [1.82, 2.24) is 15.1 Å². The number of nitrogens with zero attached hydrogens (tertiary/aromatic N) is 3. The third-order valence-electron chi connectivity index (χ3n) is 2.72. The van der Waals surface area contributed by atoms with Crippen molar-refractivity contribution in [2.24, 2.45) is 0 Å². The number of aromatic nitrogens is 3. The van der Waals surface area contributed by atoms with Gasteiger partial charge in [0.2, 0.25) is 11.7 Å². The van der Waals surface area contributed by atoms with Gasteiger partial charge in [0.05, 0.1) is 12.0 Å². The molecular weight excluding hydrogens is 218 g/mol. The van der Waals surface area contributed by atoms with Crippen molar-refractivity contribution in [2.75, 3.05) is 0 Å². The molecule has 2 rings (SSSR count). The molecule has 2 atom stereocenters. The van der Waals surface area contributed by atoms with Crippen molar-refractivity contribution in [3.05, 3.63) is 30.3 Å². The maximum absolute atomic E-state index is 9.72. The lowest BCUT2D eigenvalue weighted by atomic mass is 10.0. The maximum Gasteiger partial charge on any atom is 0.232 e. The summed E-state index contributed by atoms with van der Waals surface area (Å²) in [5.74, 6) is 0.737. The Bertz CT molecular complexity index is 470. The molecule has 90 valence electrons. The molecule has 0 radical (unpaired) electrons.